The molecule has 5 heteroatoms. The third kappa shape index (κ3) is 5.03. The van der Waals surface area contributed by atoms with E-state index in [2.05, 4.69) is 28.4 Å². The zero-order valence-corrected chi connectivity index (χ0v) is 18.2. The van der Waals surface area contributed by atoms with E-state index in [0.717, 1.165) is 44.0 Å². The highest BCUT2D eigenvalue weighted by Gasteiger charge is 2.28. The number of aryl methyl sites for hydroxylation is 2. The van der Waals surface area contributed by atoms with E-state index in [1.165, 1.54) is 11.1 Å². The molecule has 4 rings (SSSR count). The molecule has 3 heterocycles. The van der Waals surface area contributed by atoms with Gasteiger partial charge in [0.25, 0.3) is 5.56 Å². The Labute approximate surface area is 169 Å². The largest absolute Gasteiger partial charge is 0.378 e. The van der Waals surface area contributed by atoms with Crippen molar-refractivity contribution < 1.29 is 4.74 Å². The molecule has 0 radical (unpaired) electrons. The first-order valence-electron chi connectivity index (χ1n) is 10.5. The molecule has 2 aromatic rings. The topological polar surface area (TPSA) is 46.5 Å². The first kappa shape index (κ1) is 22.2. The fraction of sp³-hybridized carbons (Fsp3) is 0.522. The third-order valence-corrected chi connectivity index (χ3v) is 4.98. The van der Waals surface area contributed by atoms with E-state index in [1.54, 1.807) is 11.6 Å². The van der Waals surface area contributed by atoms with Crippen LogP contribution in [0.3, 0.4) is 0 Å². The zero-order chi connectivity index (χ0) is 20.7. The van der Waals surface area contributed by atoms with E-state index >= 15 is 0 Å². The Hall–Kier alpha value is -2.11. The molecule has 0 atom stereocenters. The Bertz CT molecular complexity index is 825. The van der Waals surface area contributed by atoms with Crippen molar-refractivity contribution in [1.82, 2.24) is 9.47 Å². The summed E-state index contributed by atoms with van der Waals surface area (Å²) in [6.07, 6.45) is 2.90. The summed E-state index contributed by atoms with van der Waals surface area (Å²) < 4.78 is 6.93. The third-order valence-electron chi connectivity index (χ3n) is 4.98. The first-order valence-corrected chi connectivity index (χ1v) is 10.5. The van der Waals surface area contributed by atoms with Gasteiger partial charge in [-0.15, -0.1) is 0 Å². The van der Waals surface area contributed by atoms with Crippen molar-refractivity contribution in [3.05, 3.63) is 57.5 Å². The minimum atomic E-state index is -0.00511. The fourth-order valence-corrected chi connectivity index (χ4v) is 3.52. The summed E-state index contributed by atoms with van der Waals surface area (Å²) in [4.78, 5) is 14.8. The Morgan fingerprint density at radius 3 is 2.43 bits per heavy atom. The summed E-state index contributed by atoms with van der Waals surface area (Å²) in [6.45, 7) is 13.8. The van der Waals surface area contributed by atoms with Gasteiger partial charge in [-0.1, -0.05) is 33.8 Å². The van der Waals surface area contributed by atoms with Crippen molar-refractivity contribution in [1.29, 1.82) is 0 Å². The van der Waals surface area contributed by atoms with E-state index in [1.807, 2.05) is 46.9 Å². The van der Waals surface area contributed by atoms with Crippen LogP contribution in [0.4, 0.5) is 11.4 Å². The number of anilines is 2. The van der Waals surface area contributed by atoms with Gasteiger partial charge < -0.3 is 14.6 Å². The van der Waals surface area contributed by atoms with Gasteiger partial charge in [-0.2, -0.15) is 0 Å². The number of rotatable bonds is 3. The maximum atomic E-state index is 12.3. The molecule has 1 aromatic carbocycles. The summed E-state index contributed by atoms with van der Waals surface area (Å²) in [6, 6.07) is 8.93. The normalized spacial score (nSPS) is 15.9. The smallest absolute Gasteiger partial charge is 0.273 e. The number of nitrogens with one attached hydrogen (secondary N) is 1. The van der Waals surface area contributed by atoms with Crippen LogP contribution in [0.15, 0.2) is 35.3 Å². The van der Waals surface area contributed by atoms with Gasteiger partial charge in [0.1, 0.15) is 5.69 Å². The quantitative estimate of drug-likeness (QED) is 0.858. The Kier molecular flexibility index (Phi) is 8.27. The van der Waals surface area contributed by atoms with Crippen molar-refractivity contribution in [3.63, 3.8) is 0 Å². The number of ether oxygens (including phenoxy) is 1. The lowest BCUT2D eigenvalue weighted by Gasteiger charge is -2.40. The lowest BCUT2D eigenvalue weighted by Crippen LogP contribution is -2.50. The van der Waals surface area contributed by atoms with Gasteiger partial charge in [0.2, 0.25) is 0 Å². The highest BCUT2D eigenvalue weighted by molar-refractivity contribution is 5.61. The maximum Gasteiger partial charge on any atom is 0.273 e. The number of aromatic nitrogens is 1. The number of nitrogens with zero attached hydrogens (tertiary/aromatic N) is 2. The molecular formula is C23H35N3O2. The van der Waals surface area contributed by atoms with E-state index in [4.69, 9.17) is 4.74 Å². The zero-order valence-electron chi connectivity index (χ0n) is 18.2. The van der Waals surface area contributed by atoms with Crippen molar-refractivity contribution in [2.75, 3.05) is 25.1 Å². The second kappa shape index (κ2) is 10.4. The molecule has 0 spiro atoms. The Balaban J connectivity index is 0.000000660. The summed E-state index contributed by atoms with van der Waals surface area (Å²) in [5, 5.41) is 3.29. The second-order valence-electron chi connectivity index (χ2n) is 6.87. The van der Waals surface area contributed by atoms with Gasteiger partial charge in [0, 0.05) is 32.0 Å². The molecule has 1 saturated heterocycles. The number of benzene rings is 1. The van der Waals surface area contributed by atoms with Crippen LogP contribution in [0.1, 0.15) is 44.4 Å². The molecule has 2 aliphatic rings. The second-order valence-corrected chi connectivity index (χ2v) is 6.87. The summed E-state index contributed by atoms with van der Waals surface area (Å²) >= 11 is 0. The summed E-state index contributed by atoms with van der Waals surface area (Å²) in [5.41, 5.74) is 5.43. The minimum absolute atomic E-state index is 0.00511. The van der Waals surface area contributed by atoms with Crippen molar-refractivity contribution in [2.45, 2.75) is 53.6 Å². The lowest BCUT2D eigenvalue weighted by molar-refractivity contribution is -0.0694. The molecule has 154 valence electrons. The molecule has 1 aromatic heterocycles. The molecule has 2 aliphatic heterocycles. The van der Waals surface area contributed by atoms with Gasteiger partial charge in [-0.05, 0) is 48.2 Å². The maximum absolute atomic E-state index is 12.3. The molecule has 5 nitrogen and oxygen atoms in total. The molecule has 0 unspecified atom stereocenters. The molecule has 1 N–H and O–H groups in total. The predicted octanol–water partition coefficient (Wildman–Crippen LogP) is 4.25. The molecule has 0 aliphatic carbocycles. The molecule has 0 saturated carbocycles. The van der Waals surface area contributed by atoms with E-state index in [9.17, 15) is 4.79 Å². The number of fused-ring (bicyclic) bond motifs is 1. The number of hydrogen-bond acceptors (Lipinski definition) is 4. The van der Waals surface area contributed by atoms with Gasteiger partial charge in [-0.3, -0.25) is 9.69 Å². The molecular weight excluding hydrogens is 350 g/mol. The summed E-state index contributed by atoms with van der Waals surface area (Å²) in [5.74, 6) is 0. The van der Waals surface area contributed by atoms with Crippen LogP contribution in [-0.2, 0) is 24.8 Å². The van der Waals surface area contributed by atoms with Crippen LogP contribution < -0.4 is 10.9 Å². The molecule has 0 amide bonds. The number of pyridine rings is 1. The van der Waals surface area contributed by atoms with Crippen LogP contribution >= 0.6 is 0 Å². The lowest BCUT2D eigenvalue weighted by atomic mass is 9.97. The van der Waals surface area contributed by atoms with E-state index in [-0.39, 0.29) is 5.56 Å². The Morgan fingerprint density at radius 2 is 1.79 bits per heavy atom. The average molecular weight is 386 g/mol. The molecule has 0 bridgehead atoms. The minimum Gasteiger partial charge on any atom is -0.378 e. The molecule has 28 heavy (non-hydrogen) atoms. The monoisotopic (exact) mass is 385 g/mol. The van der Waals surface area contributed by atoms with Crippen molar-refractivity contribution >= 4 is 11.4 Å². The standard InChI is InChI=1S/C19H23N3O2.2C2H6/c1-13-7-18(19(23)21(2)9-13)20-16-4-3-15-10-22(17-11-24-12-17)6-5-14(15)8-16;2*1-2/h3-4,7-9,17,20H,5-6,10-12H2,1-2H3;2*1-2H3. The van der Waals surface area contributed by atoms with Crippen LogP contribution in [-0.4, -0.2) is 35.3 Å². The highest BCUT2D eigenvalue weighted by atomic mass is 16.5. The van der Waals surface area contributed by atoms with E-state index < -0.39 is 0 Å². The number of hydrogen-bond donors (Lipinski definition) is 1. The van der Waals surface area contributed by atoms with Crippen molar-refractivity contribution in [2.24, 2.45) is 7.05 Å². The van der Waals surface area contributed by atoms with Gasteiger partial charge >= 0.3 is 0 Å². The van der Waals surface area contributed by atoms with Crippen LogP contribution in [0, 0.1) is 6.92 Å². The fourth-order valence-electron chi connectivity index (χ4n) is 3.52. The first-order chi connectivity index (χ1) is 13.6. The SMILES string of the molecule is CC.CC.Cc1cc(Nc2ccc3c(c2)CCN(C2COC2)C3)c(=O)n(C)c1. The molecule has 1 fully saturated rings. The van der Waals surface area contributed by atoms with Crippen LogP contribution in [0.5, 0.6) is 0 Å². The highest BCUT2D eigenvalue weighted by Crippen LogP contribution is 2.26. The average Bonchev–Trinajstić information content (AvgIpc) is 2.67. The van der Waals surface area contributed by atoms with Gasteiger partial charge in [0.05, 0.1) is 19.3 Å². The van der Waals surface area contributed by atoms with Crippen LogP contribution in [0.25, 0.3) is 0 Å². The Morgan fingerprint density at radius 1 is 1.07 bits per heavy atom. The van der Waals surface area contributed by atoms with Gasteiger partial charge in [-0.25, -0.2) is 0 Å². The van der Waals surface area contributed by atoms with E-state index in [0.29, 0.717) is 11.7 Å². The van der Waals surface area contributed by atoms with Crippen molar-refractivity contribution in [3.8, 4) is 0 Å². The predicted molar refractivity (Wildman–Crippen MR) is 118 cm³/mol. The van der Waals surface area contributed by atoms with Gasteiger partial charge in [0.15, 0.2) is 0 Å². The van der Waals surface area contributed by atoms with Crippen LogP contribution in [0.2, 0.25) is 0 Å². The summed E-state index contributed by atoms with van der Waals surface area (Å²) in [7, 11) is 1.78.